The third-order valence-corrected chi connectivity index (χ3v) is 4.46. The van der Waals surface area contributed by atoms with Crippen molar-refractivity contribution in [2.75, 3.05) is 13.6 Å². The summed E-state index contributed by atoms with van der Waals surface area (Å²) in [6, 6.07) is 0.695. The third kappa shape index (κ3) is 3.89. The number of unbranched alkanes of at least 4 members (excludes halogenated alkanes) is 1. The predicted octanol–water partition coefficient (Wildman–Crippen LogP) is 2.92. The Hall–Kier alpha value is -0.730. The number of guanidine groups is 1. The van der Waals surface area contributed by atoms with Crippen molar-refractivity contribution in [3.63, 3.8) is 0 Å². The summed E-state index contributed by atoms with van der Waals surface area (Å²) in [5.74, 6) is 2.92. The van der Waals surface area contributed by atoms with E-state index >= 15 is 0 Å². The molecule has 0 bridgehead atoms. The maximum absolute atomic E-state index is 4.31. The lowest BCUT2D eigenvalue weighted by Crippen LogP contribution is -2.40. The number of nitrogens with one attached hydrogen (secondary N) is 2. The van der Waals surface area contributed by atoms with Gasteiger partial charge in [0.1, 0.15) is 0 Å². The number of hydrogen-bond acceptors (Lipinski definition) is 1. The van der Waals surface area contributed by atoms with Gasteiger partial charge in [0.05, 0.1) is 0 Å². The smallest absolute Gasteiger partial charge is 0.191 e. The topological polar surface area (TPSA) is 36.4 Å². The Bertz CT molecular complexity index is 269. The fourth-order valence-electron chi connectivity index (χ4n) is 3.22. The summed E-state index contributed by atoms with van der Waals surface area (Å²) in [5, 5.41) is 6.99. The van der Waals surface area contributed by atoms with Crippen LogP contribution in [0.4, 0.5) is 0 Å². The zero-order valence-corrected chi connectivity index (χ0v) is 12.0. The molecule has 2 unspecified atom stereocenters. The monoisotopic (exact) mass is 251 g/mol. The summed E-state index contributed by atoms with van der Waals surface area (Å²) in [6.07, 6.45) is 11.1. The fourth-order valence-corrected chi connectivity index (χ4v) is 3.22. The van der Waals surface area contributed by atoms with Gasteiger partial charge in [-0.25, -0.2) is 0 Å². The Balaban J connectivity index is 1.67. The molecule has 2 fully saturated rings. The molecule has 18 heavy (non-hydrogen) atoms. The first kappa shape index (κ1) is 13.7. The van der Waals surface area contributed by atoms with Crippen molar-refractivity contribution in [1.29, 1.82) is 0 Å². The maximum atomic E-state index is 4.31. The van der Waals surface area contributed by atoms with E-state index in [1.807, 2.05) is 7.05 Å². The Morgan fingerprint density at radius 1 is 1.22 bits per heavy atom. The summed E-state index contributed by atoms with van der Waals surface area (Å²) < 4.78 is 0. The van der Waals surface area contributed by atoms with Crippen LogP contribution in [-0.4, -0.2) is 25.6 Å². The predicted molar refractivity (Wildman–Crippen MR) is 77.9 cm³/mol. The van der Waals surface area contributed by atoms with Crippen LogP contribution in [0.15, 0.2) is 4.99 Å². The maximum Gasteiger partial charge on any atom is 0.191 e. The molecule has 0 aliphatic heterocycles. The number of aliphatic imine (C=N–C) groups is 1. The fraction of sp³-hybridized carbons (Fsp3) is 0.933. The molecule has 0 aromatic heterocycles. The van der Waals surface area contributed by atoms with Crippen LogP contribution in [0, 0.1) is 11.8 Å². The lowest BCUT2D eigenvalue weighted by molar-refractivity contribution is 0.315. The highest BCUT2D eigenvalue weighted by atomic mass is 15.2. The van der Waals surface area contributed by atoms with E-state index < -0.39 is 0 Å². The van der Waals surface area contributed by atoms with Gasteiger partial charge in [-0.2, -0.15) is 0 Å². The van der Waals surface area contributed by atoms with Crippen molar-refractivity contribution in [2.45, 2.75) is 64.3 Å². The number of hydrogen-bond donors (Lipinski definition) is 2. The van der Waals surface area contributed by atoms with Gasteiger partial charge in [-0.05, 0) is 24.7 Å². The molecular formula is C15H29N3. The van der Waals surface area contributed by atoms with Crippen LogP contribution in [0.5, 0.6) is 0 Å². The molecule has 0 spiro atoms. The second kappa shape index (κ2) is 7.01. The molecule has 2 N–H and O–H groups in total. The van der Waals surface area contributed by atoms with Crippen molar-refractivity contribution in [3.05, 3.63) is 0 Å². The first-order valence-electron chi connectivity index (χ1n) is 7.82. The molecule has 3 heteroatoms. The van der Waals surface area contributed by atoms with Gasteiger partial charge >= 0.3 is 0 Å². The Morgan fingerprint density at radius 2 is 2.00 bits per heavy atom. The van der Waals surface area contributed by atoms with Gasteiger partial charge < -0.3 is 10.6 Å². The zero-order chi connectivity index (χ0) is 12.8. The van der Waals surface area contributed by atoms with Gasteiger partial charge in [0.15, 0.2) is 5.96 Å². The largest absolute Gasteiger partial charge is 0.356 e. The standard InChI is InChI=1S/C15H29N3/c1-3-4-10-17-15(16-2)18-14-11-13(14)12-8-6-5-7-9-12/h12-14H,3-11H2,1-2H3,(H2,16,17,18). The van der Waals surface area contributed by atoms with E-state index in [0.717, 1.165) is 24.3 Å². The van der Waals surface area contributed by atoms with Crippen LogP contribution in [0.25, 0.3) is 0 Å². The van der Waals surface area contributed by atoms with Crippen LogP contribution >= 0.6 is 0 Å². The first-order valence-corrected chi connectivity index (χ1v) is 7.82. The van der Waals surface area contributed by atoms with Gasteiger partial charge in [-0.1, -0.05) is 45.4 Å². The van der Waals surface area contributed by atoms with Crippen molar-refractivity contribution in [1.82, 2.24) is 10.6 Å². The summed E-state index contributed by atoms with van der Waals surface area (Å²) in [5.41, 5.74) is 0. The van der Waals surface area contributed by atoms with Crippen molar-refractivity contribution in [3.8, 4) is 0 Å². The van der Waals surface area contributed by atoms with Crippen LogP contribution in [-0.2, 0) is 0 Å². The van der Waals surface area contributed by atoms with Gasteiger partial charge in [0.2, 0.25) is 0 Å². The molecule has 0 saturated heterocycles. The Morgan fingerprint density at radius 3 is 2.67 bits per heavy atom. The van der Waals surface area contributed by atoms with Gasteiger partial charge in [-0.15, -0.1) is 0 Å². The number of rotatable bonds is 5. The quantitative estimate of drug-likeness (QED) is 0.448. The first-order chi connectivity index (χ1) is 8.85. The van der Waals surface area contributed by atoms with E-state index in [-0.39, 0.29) is 0 Å². The van der Waals surface area contributed by atoms with E-state index in [2.05, 4.69) is 22.5 Å². The minimum atomic E-state index is 0.695. The lowest BCUT2D eigenvalue weighted by Gasteiger charge is -2.22. The molecular weight excluding hydrogens is 222 g/mol. The highest BCUT2D eigenvalue weighted by molar-refractivity contribution is 5.80. The minimum Gasteiger partial charge on any atom is -0.356 e. The molecule has 0 heterocycles. The van der Waals surface area contributed by atoms with Crippen LogP contribution in [0.2, 0.25) is 0 Å². The Labute approximate surface area is 112 Å². The molecule has 104 valence electrons. The van der Waals surface area contributed by atoms with Crippen molar-refractivity contribution >= 4 is 5.96 Å². The SMILES string of the molecule is CCCCNC(=NC)NC1CC1C1CCCCC1. The number of nitrogens with zero attached hydrogens (tertiary/aromatic N) is 1. The second-order valence-electron chi connectivity index (χ2n) is 5.90. The summed E-state index contributed by atoms with van der Waals surface area (Å²) in [4.78, 5) is 4.31. The molecule has 3 nitrogen and oxygen atoms in total. The van der Waals surface area contributed by atoms with E-state index in [0.29, 0.717) is 6.04 Å². The highest BCUT2D eigenvalue weighted by Crippen LogP contribution is 2.44. The highest BCUT2D eigenvalue weighted by Gasteiger charge is 2.43. The van der Waals surface area contributed by atoms with E-state index in [4.69, 9.17) is 0 Å². The van der Waals surface area contributed by atoms with E-state index in [1.54, 1.807) is 0 Å². The lowest BCUT2D eigenvalue weighted by atomic mass is 9.85. The van der Waals surface area contributed by atoms with E-state index in [1.165, 1.54) is 51.4 Å². The molecule has 2 saturated carbocycles. The molecule has 0 radical (unpaired) electrons. The van der Waals surface area contributed by atoms with Gasteiger partial charge in [-0.3, -0.25) is 4.99 Å². The molecule has 2 rings (SSSR count). The van der Waals surface area contributed by atoms with Crippen molar-refractivity contribution < 1.29 is 0 Å². The summed E-state index contributed by atoms with van der Waals surface area (Å²) >= 11 is 0. The summed E-state index contributed by atoms with van der Waals surface area (Å²) in [6.45, 7) is 3.26. The third-order valence-electron chi connectivity index (χ3n) is 4.46. The molecule has 2 aliphatic carbocycles. The van der Waals surface area contributed by atoms with Crippen LogP contribution in [0.1, 0.15) is 58.3 Å². The minimum absolute atomic E-state index is 0.695. The molecule has 0 amide bonds. The zero-order valence-electron chi connectivity index (χ0n) is 12.0. The second-order valence-corrected chi connectivity index (χ2v) is 5.90. The van der Waals surface area contributed by atoms with Crippen LogP contribution in [0.3, 0.4) is 0 Å². The molecule has 0 aromatic rings. The molecule has 2 aliphatic rings. The Kier molecular flexibility index (Phi) is 5.33. The molecule has 2 atom stereocenters. The average molecular weight is 251 g/mol. The van der Waals surface area contributed by atoms with E-state index in [9.17, 15) is 0 Å². The van der Waals surface area contributed by atoms with Crippen molar-refractivity contribution in [2.24, 2.45) is 16.8 Å². The average Bonchev–Trinajstić information content (AvgIpc) is 3.18. The summed E-state index contributed by atoms with van der Waals surface area (Å²) in [7, 11) is 1.87. The van der Waals surface area contributed by atoms with Crippen LogP contribution < -0.4 is 10.6 Å². The van der Waals surface area contributed by atoms with Gasteiger partial charge in [0.25, 0.3) is 0 Å². The van der Waals surface area contributed by atoms with Gasteiger partial charge in [0, 0.05) is 19.6 Å². The normalized spacial score (nSPS) is 29.1. The molecule has 0 aromatic carbocycles.